The number of nitrogens with zero attached hydrogens (tertiary/aromatic N) is 3. The molecule has 8 nitrogen and oxygen atoms in total. The number of H-pyrrole nitrogens is 1. The first-order valence-corrected chi connectivity index (χ1v) is 8.46. The first kappa shape index (κ1) is 16.3. The number of nitrogens with one attached hydrogen (secondary N) is 3. The molecular formula is C18H20N6O2. The normalized spacial score (nSPS) is 16.1. The van der Waals surface area contributed by atoms with Crippen LogP contribution in [-0.2, 0) is 17.8 Å². The van der Waals surface area contributed by atoms with Crippen LogP contribution in [0.15, 0.2) is 43.0 Å². The van der Waals surface area contributed by atoms with E-state index in [9.17, 15) is 4.79 Å². The van der Waals surface area contributed by atoms with E-state index in [0.717, 1.165) is 41.4 Å². The maximum atomic E-state index is 12.5. The summed E-state index contributed by atoms with van der Waals surface area (Å²) in [7, 11) is 1.63. The Labute approximate surface area is 150 Å². The van der Waals surface area contributed by atoms with Gasteiger partial charge in [-0.3, -0.25) is 4.79 Å². The zero-order valence-corrected chi connectivity index (χ0v) is 14.4. The standard InChI is InChI=1S/C18H20N6O2/c1-26-14-4-2-3-13(7-14)24-10-12(9-23-24)8-20-18(25)17-16-15(5-6-19-17)21-11-22-16/h2-4,7,9-11,17,19H,5-6,8H2,1H3,(H,20,25)(H,21,22)/t17-/m0/s1. The molecule has 0 fully saturated rings. The SMILES string of the molecule is COc1cccc(-n2cc(CNC(=O)[C@H]3NCCc4[nH]cnc43)cn2)c1. The summed E-state index contributed by atoms with van der Waals surface area (Å²) in [6.07, 6.45) is 6.12. The molecule has 0 saturated carbocycles. The number of imidazole rings is 1. The third-order valence-corrected chi connectivity index (χ3v) is 4.43. The molecular weight excluding hydrogens is 332 g/mol. The lowest BCUT2D eigenvalue weighted by Gasteiger charge is -2.22. The van der Waals surface area contributed by atoms with Crippen LogP contribution in [0, 0.1) is 0 Å². The number of benzene rings is 1. The smallest absolute Gasteiger partial charge is 0.243 e. The largest absolute Gasteiger partial charge is 0.497 e. The number of fused-ring (bicyclic) bond motifs is 1. The Bertz CT molecular complexity index is 916. The van der Waals surface area contributed by atoms with Crippen LogP contribution >= 0.6 is 0 Å². The van der Waals surface area contributed by atoms with E-state index in [-0.39, 0.29) is 5.91 Å². The summed E-state index contributed by atoms with van der Waals surface area (Å²) >= 11 is 0. The molecule has 0 unspecified atom stereocenters. The van der Waals surface area contributed by atoms with Gasteiger partial charge in [-0.25, -0.2) is 9.67 Å². The molecule has 1 aromatic carbocycles. The van der Waals surface area contributed by atoms with Crippen molar-refractivity contribution in [1.82, 2.24) is 30.4 Å². The average Bonchev–Trinajstić information content (AvgIpc) is 3.35. The summed E-state index contributed by atoms with van der Waals surface area (Å²) < 4.78 is 7.00. The highest BCUT2D eigenvalue weighted by molar-refractivity contribution is 5.83. The Hall–Kier alpha value is -3.13. The van der Waals surface area contributed by atoms with Crippen LogP contribution in [0.25, 0.3) is 5.69 Å². The third kappa shape index (κ3) is 3.18. The van der Waals surface area contributed by atoms with Crippen LogP contribution < -0.4 is 15.4 Å². The average molecular weight is 352 g/mol. The molecule has 0 radical (unpaired) electrons. The summed E-state index contributed by atoms with van der Waals surface area (Å²) in [5.41, 5.74) is 3.62. The fourth-order valence-corrected chi connectivity index (χ4v) is 3.07. The second-order valence-electron chi connectivity index (χ2n) is 6.12. The number of hydrogen-bond acceptors (Lipinski definition) is 5. The summed E-state index contributed by atoms with van der Waals surface area (Å²) in [5, 5.41) is 10.5. The molecule has 3 aromatic rings. The van der Waals surface area contributed by atoms with Gasteiger partial charge < -0.3 is 20.4 Å². The maximum absolute atomic E-state index is 12.5. The molecule has 1 atom stereocenters. The number of hydrogen-bond donors (Lipinski definition) is 3. The van der Waals surface area contributed by atoms with E-state index in [2.05, 4.69) is 25.7 Å². The van der Waals surface area contributed by atoms with Gasteiger partial charge in [0.2, 0.25) is 5.91 Å². The molecule has 26 heavy (non-hydrogen) atoms. The molecule has 134 valence electrons. The minimum absolute atomic E-state index is 0.0906. The van der Waals surface area contributed by atoms with Gasteiger partial charge in [0, 0.05) is 43.0 Å². The molecule has 1 aliphatic rings. The Morgan fingerprint density at radius 2 is 2.38 bits per heavy atom. The molecule has 3 heterocycles. The van der Waals surface area contributed by atoms with Gasteiger partial charge in [-0.1, -0.05) is 6.07 Å². The lowest BCUT2D eigenvalue weighted by Crippen LogP contribution is -2.41. The zero-order chi connectivity index (χ0) is 17.9. The number of carbonyl (C=O) groups excluding carboxylic acids is 1. The number of amides is 1. The Morgan fingerprint density at radius 3 is 3.27 bits per heavy atom. The fourth-order valence-electron chi connectivity index (χ4n) is 3.07. The number of carbonyl (C=O) groups is 1. The highest BCUT2D eigenvalue weighted by Crippen LogP contribution is 2.19. The predicted molar refractivity (Wildman–Crippen MR) is 95.0 cm³/mol. The third-order valence-electron chi connectivity index (χ3n) is 4.43. The van der Waals surface area contributed by atoms with Crippen molar-refractivity contribution in [1.29, 1.82) is 0 Å². The highest BCUT2D eigenvalue weighted by atomic mass is 16.5. The van der Waals surface area contributed by atoms with Crippen LogP contribution in [0.3, 0.4) is 0 Å². The van der Waals surface area contributed by atoms with Crippen molar-refractivity contribution in [2.45, 2.75) is 19.0 Å². The van der Waals surface area contributed by atoms with Crippen LogP contribution in [0.2, 0.25) is 0 Å². The van der Waals surface area contributed by atoms with Crippen LogP contribution in [0.1, 0.15) is 23.0 Å². The Kier molecular flexibility index (Phi) is 4.40. The number of methoxy groups -OCH3 is 1. The van der Waals surface area contributed by atoms with Crippen molar-refractivity contribution < 1.29 is 9.53 Å². The molecule has 1 amide bonds. The first-order valence-electron chi connectivity index (χ1n) is 8.46. The van der Waals surface area contributed by atoms with Gasteiger partial charge >= 0.3 is 0 Å². The van der Waals surface area contributed by atoms with Gasteiger partial charge in [-0.15, -0.1) is 0 Å². The minimum atomic E-state index is -0.418. The molecule has 8 heteroatoms. The van der Waals surface area contributed by atoms with E-state index in [1.807, 2.05) is 30.5 Å². The van der Waals surface area contributed by atoms with Crippen LogP contribution in [0.5, 0.6) is 5.75 Å². The number of ether oxygens (including phenoxy) is 1. The summed E-state index contributed by atoms with van der Waals surface area (Å²) in [6, 6.07) is 7.23. The van der Waals surface area contributed by atoms with E-state index in [1.54, 1.807) is 24.3 Å². The van der Waals surface area contributed by atoms with Gasteiger partial charge in [0.15, 0.2) is 0 Å². The van der Waals surface area contributed by atoms with E-state index in [4.69, 9.17) is 4.74 Å². The number of rotatable bonds is 5. The van der Waals surface area contributed by atoms with Crippen molar-refractivity contribution in [3.8, 4) is 11.4 Å². The van der Waals surface area contributed by atoms with E-state index >= 15 is 0 Å². The van der Waals surface area contributed by atoms with Crippen molar-refractivity contribution in [2.24, 2.45) is 0 Å². The molecule has 4 rings (SSSR count). The second kappa shape index (κ2) is 7.01. The second-order valence-corrected chi connectivity index (χ2v) is 6.12. The Morgan fingerprint density at radius 1 is 1.46 bits per heavy atom. The zero-order valence-electron chi connectivity index (χ0n) is 14.4. The lowest BCUT2D eigenvalue weighted by molar-refractivity contribution is -0.123. The van der Waals surface area contributed by atoms with E-state index in [0.29, 0.717) is 6.54 Å². The van der Waals surface area contributed by atoms with Crippen molar-refractivity contribution in [3.05, 3.63) is 59.9 Å². The van der Waals surface area contributed by atoms with Crippen molar-refractivity contribution >= 4 is 5.91 Å². The van der Waals surface area contributed by atoms with Crippen molar-refractivity contribution in [2.75, 3.05) is 13.7 Å². The Balaban J connectivity index is 1.41. The van der Waals surface area contributed by atoms with Gasteiger partial charge in [-0.2, -0.15) is 5.10 Å². The summed E-state index contributed by atoms with van der Waals surface area (Å²) in [5.74, 6) is 0.679. The molecule has 0 saturated heterocycles. The van der Waals surface area contributed by atoms with Crippen molar-refractivity contribution in [3.63, 3.8) is 0 Å². The molecule has 1 aliphatic heterocycles. The van der Waals surface area contributed by atoms with Gasteiger partial charge in [0.1, 0.15) is 11.8 Å². The maximum Gasteiger partial charge on any atom is 0.243 e. The molecule has 0 bridgehead atoms. The fraction of sp³-hybridized carbons (Fsp3) is 0.278. The molecule has 2 aromatic heterocycles. The van der Waals surface area contributed by atoms with Gasteiger partial charge in [-0.05, 0) is 12.1 Å². The topological polar surface area (TPSA) is 96.9 Å². The van der Waals surface area contributed by atoms with E-state index < -0.39 is 6.04 Å². The molecule has 0 spiro atoms. The quantitative estimate of drug-likeness (QED) is 0.639. The summed E-state index contributed by atoms with van der Waals surface area (Å²) in [6.45, 7) is 1.15. The minimum Gasteiger partial charge on any atom is -0.497 e. The van der Waals surface area contributed by atoms with E-state index in [1.165, 1.54) is 0 Å². The van der Waals surface area contributed by atoms with Gasteiger partial charge in [0.25, 0.3) is 0 Å². The molecule has 3 N–H and O–H groups in total. The van der Waals surface area contributed by atoms with Crippen LogP contribution in [-0.4, -0.2) is 39.3 Å². The van der Waals surface area contributed by atoms with Gasteiger partial charge in [0.05, 0.1) is 31.0 Å². The highest BCUT2D eigenvalue weighted by Gasteiger charge is 2.28. The lowest BCUT2D eigenvalue weighted by atomic mass is 10.1. The first-order chi connectivity index (χ1) is 12.7. The molecule has 0 aliphatic carbocycles. The number of aromatic amines is 1. The summed E-state index contributed by atoms with van der Waals surface area (Å²) in [4.78, 5) is 19.9. The van der Waals surface area contributed by atoms with Crippen LogP contribution in [0.4, 0.5) is 0 Å². The predicted octanol–water partition coefficient (Wildman–Crippen LogP) is 1.11. The monoisotopic (exact) mass is 352 g/mol. The number of aromatic nitrogens is 4.